The molecule has 2 rings (SSSR count). The lowest BCUT2D eigenvalue weighted by Gasteiger charge is -2.18. The Morgan fingerprint density at radius 3 is 3.27 bits per heavy atom. The molecule has 0 spiro atoms. The van der Waals surface area contributed by atoms with Crippen molar-refractivity contribution in [1.82, 2.24) is 5.32 Å². The highest BCUT2D eigenvalue weighted by Gasteiger charge is 2.08. The summed E-state index contributed by atoms with van der Waals surface area (Å²) in [5, 5.41) is 6.64. The van der Waals surface area contributed by atoms with Crippen molar-refractivity contribution in [1.29, 1.82) is 0 Å². The van der Waals surface area contributed by atoms with Crippen LogP contribution < -0.4 is 10.6 Å². The number of nitrogens with one attached hydrogen (secondary N) is 2. The van der Waals surface area contributed by atoms with Gasteiger partial charge in [-0.05, 0) is 44.1 Å². The van der Waals surface area contributed by atoms with Crippen molar-refractivity contribution >= 4 is 17.4 Å². The number of benzene rings is 1. The minimum absolute atomic E-state index is 1.09. The Hall–Kier alpha value is -0.670. The third-order valence-electron chi connectivity index (χ3n) is 2.61. The lowest BCUT2D eigenvalue weighted by molar-refractivity contribution is 0.724. The van der Waals surface area contributed by atoms with Crippen molar-refractivity contribution in [2.75, 3.05) is 31.2 Å². The van der Waals surface area contributed by atoms with E-state index in [9.17, 15) is 0 Å². The van der Waals surface area contributed by atoms with Crippen molar-refractivity contribution in [2.24, 2.45) is 0 Å². The number of fused-ring (bicyclic) bond motifs is 1. The molecule has 15 heavy (non-hydrogen) atoms. The molecule has 0 radical (unpaired) electrons. The van der Waals surface area contributed by atoms with Gasteiger partial charge < -0.3 is 10.6 Å². The maximum atomic E-state index is 3.46. The highest BCUT2D eigenvalue weighted by atomic mass is 32.2. The molecular weight excluding hydrogens is 204 g/mol. The minimum atomic E-state index is 1.09. The van der Waals surface area contributed by atoms with Gasteiger partial charge in [-0.3, -0.25) is 0 Å². The monoisotopic (exact) mass is 222 g/mol. The summed E-state index contributed by atoms with van der Waals surface area (Å²) < 4.78 is 0. The molecular formula is C12H18N2S. The van der Waals surface area contributed by atoms with Gasteiger partial charge in [0.15, 0.2) is 0 Å². The third-order valence-corrected chi connectivity index (χ3v) is 3.69. The number of aryl methyl sites for hydroxylation is 1. The Bertz CT molecular complexity index is 325. The SMILES string of the molecule is CNCCCc1ccc2c(c1)NCCS2. The average Bonchev–Trinajstić information content (AvgIpc) is 2.29. The van der Waals surface area contributed by atoms with Crippen LogP contribution in [0.15, 0.2) is 23.1 Å². The first-order valence-electron chi connectivity index (χ1n) is 5.54. The van der Waals surface area contributed by atoms with E-state index in [1.165, 1.54) is 34.7 Å². The van der Waals surface area contributed by atoms with Crippen LogP contribution in [0.4, 0.5) is 5.69 Å². The Morgan fingerprint density at radius 2 is 2.40 bits per heavy atom. The van der Waals surface area contributed by atoms with Gasteiger partial charge in [-0.25, -0.2) is 0 Å². The van der Waals surface area contributed by atoms with Crippen molar-refractivity contribution in [3.63, 3.8) is 0 Å². The normalized spacial score (nSPS) is 14.5. The van der Waals surface area contributed by atoms with E-state index in [1.807, 2.05) is 18.8 Å². The zero-order chi connectivity index (χ0) is 10.5. The maximum Gasteiger partial charge on any atom is 0.0481 e. The zero-order valence-corrected chi connectivity index (χ0v) is 9.99. The Labute approximate surface area is 95.8 Å². The first kappa shape index (κ1) is 10.8. The standard InChI is InChI=1S/C12H18N2S/c1-13-6-2-3-10-4-5-12-11(9-10)14-7-8-15-12/h4-5,9,13-14H,2-3,6-8H2,1H3. The highest BCUT2D eigenvalue weighted by Crippen LogP contribution is 2.31. The van der Waals surface area contributed by atoms with Crippen LogP contribution >= 0.6 is 11.8 Å². The molecule has 0 unspecified atom stereocenters. The maximum absolute atomic E-state index is 3.46. The number of thioether (sulfide) groups is 1. The second kappa shape index (κ2) is 5.42. The van der Waals surface area contributed by atoms with Gasteiger partial charge in [0.05, 0.1) is 0 Å². The molecule has 0 atom stereocenters. The van der Waals surface area contributed by atoms with Crippen molar-refractivity contribution in [3.8, 4) is 0 Å². The second-order valence-corrected chi connectivity index (χ2v) is 4.95. The molecule has 2 N–H and O–H groups in total. The van der Waals surface area contributed by atoms with E-state index in [1.54, 1.807) is 0 Å². The molecule has 1 aromatic rings. The number of rotatable bonds is 4. The van der Waals surface area contributed by atoms with Crippen LogP contribution in [0, 0.1) is 0 Å². The average molecular weight is 222 g/mol. The summed E-state index contributed by atoms with van der Waals surface area (Å²) in [5.41, 5.74) is 2.77. The fourth-order valence-electron chi connectivity index (χ4n) is 1.81. The molecule has 1 aliphatic rings. The molecule has 82 valence electrons. The van der Waals surface area contributed by atoms with E-state index in [2.05, 4.69) is 28.8 Å². The van der Waals surface area contributed by atoms with Gasteiger partial charge in [0.1, 0.15) is 0 Å². The topological polar surface area (TPSA) is 24.1 Å². The highest BCUT2D eigenvalue weighted by molar-refractivity contribution is 7.99. The van der Waals surface area contributed by atoms with Crippen LogP contribution in [0.2, 0.25) is 0 Å². The molecule has 0 amide bonds. The molecule has 0 aromatic heterocycles. The van der Waals surface area contributed by atoms with Crippen LogP contribution in [0.5, 0.6) is 0 Å². The zero-order valence-electron chi connectivity index (χ0n) is 9.18. The van der Waals surface area contributed by atoms with E-state index in [0.29, 0.717) is 0 Å². The third kappa shape index (κ3) is 2.89. The van der Waals surface area contributed by atoms with Gasteiger partial charge in [0.2, 0.25) is 0 Å². The van der Waals surface area contributed by atoms with Crippen LogP contribution in [0.3, 0.4) is 0 Å². The number of hydrogen-bond acceptors (Lipinski definition) is 3. The smallest absolute Gasteiger partial charge is 0.0481 e. The summed E-state index contributed by atoms with van der Waals surface area (Å²) in [6.45, 7) is 2.19. The lowest BCUT2D eigenvalue weighted by atomic mass is 10.1. The molecule has 1 aromatic carbocycles. The molecule has 0 aliphatic carbocycles. The summed E-state index contributed by atoms with van der Waals surface area (Å²) in [6.07, 6.45) is 2.38. The molecule has 1 heterocycles. The first-order valence-corrected chi connectivity index (χ1v) is 6.53. The van der Waals surface area contributed by atoms with Gasteiger partial charge in [0.25, 0.3) is 0 Å². The second-order valence-electron chi connectivity index (χ2n) is 3.81. The molecule has 0 saturated carbocycles. The summed E-state index contributed by atoms with van der Waals surface area (Å²) >= 11 is 1.95. The van der Waals surface area contributed by atoms with Crippen LogP contribution in [-0.2, 0) is 6.42 Å². The van der Waals surface area contributed by atoms with Crippen molar-refractivity contribution < 1.29 is 0 Å². The molecule has 2 nitrogen and oxygen atoms in total. The van der Waals surface area contributed by atoms with E-state index in [-0.39, 0.29) is 0 Å². The van der Waals surface area contributed by atoms with Crippen LogP contribution in [0.25, 0.3) is 0 Å². The summed E-state index contributed by atoms with van der Waals surface area (Å²) in [7, 11) is 2.01. The summed E-state index contributed by atoms with van der Waals surface area (Å²) in [5.74, 6) is 1.19. The van der Waals surface area contributed by atoms with Crippen LogP contribution in [-0.4, -0.2) is 25.9 Å². The quantitative estimate of drug-likeness (QED) is 0.765. The van der Waals surface area contributed by atoms with Crippen molar-refractivity contribution in [3.05, 3.63) is 23.8 Å². The predicted octanol–water partition coefficient (Wildman–Crippen LogP) is 2.36. The van der Waals surface area contributed by atoms with Gasteiger partial charge in [-0.1, -0.05) is 6.07 Å². The molecule has 0 saturated heterocycles. The molecule has 0 bridgehead atoms. The predicted molar refractivity (Wildman–Crippen MR) is 67.9 cm³/mol. The van der Waals surface area contributed by atoms with Crippen molar-refractivity contribution in [2.45, 2.75) is 17.7 Å². The number of anilines is 1. The van der Waals surface area contributed by atoms with Gasteiger partial charge in [-0.2, -0.15) is 0 Å². The fraction of sp³-hybridized carbons (Fsp3) is 0.500. The first-order chi connectivity index (χ1) is 7.40. The van der Waals surface area contributed by atoms with E-state index >= 15 is 0 Å². The Balaban J connectivity index is 2.00. The summed E-state index contributed by atoms with van der Waals surface area (Å²) in [4.78, 5) is 1.40. The summed E-state index contributed by atoms with van der Waals surface area (Å²) in [6, 6.07) is 6.81. The molecule has 1 aliphatic heterocycles. The molecule has 3 heteroatoms. The van der Waals surface area contributed by atoms with Gasteiger partial charge in [-0.15, -0.1) is 11.8 Å². The van der Waals surface area contributed by atoms with Gasteiger partial charge >= 0.3 is 0 Å². The van der Waals surface area contributed by atoms with E-state index in [4.69, 9.17) is 0 Å². The number of hydrogen-bond donors (Lipinski definition) is 2. The molecule has 0 fully saturated rings. The van der Waals surface area contributed by atoms with Crippen LogP contribution in [0.1, 0.15) is 12.0 Å². The Morgan fingerprint density at radius 1 is 1.47 bits per heavy atom. The lowest BCUT2D eigenvalue weighted by Crippen LogP contribution is -2.11. The minimum Gasteiger partial charge on any atom is -0.383 e. The van der Waals surface area contributed by atoms with E-state index in [0.717, 1.165) is 13.1 Å². The van der Waals surface area contributed by atoms with E-state index < -0.39 is 0 Å². The largest absolute Gasteiger partial charge is 0.383 e. The van der Waals surface area contributed by atoms with Gasteiger partial charge in [0, 0.05) is 22.9 Å². The fourth-order valence-corrected chi connectivity index (χ4v) is 2.69. The Kier molecular flexibility index (Phi) is 3.92.